The number of rotatable bonds is 3. The van der Waals surface area contributed by atoms with Gasteiger partial charge in [-0.05, 0) is 18.2 Å². The summed E-state index contributed by atoms with van der Waals surface area (Å²) in [6, 6.07) is 9.12. The minimum absolute atomic E-state index is 0.336. The van der Waals surface area contributed by atoms with Gasteiger partial charge in [-0.1, -0.05) is 28.1 Å². The first-order valence-electron chi connectivity index (χ1n) is 5.26. The van der Waals surface area contributed by atoms with Crippen LogP contribution in [0.15, 0.2) is 40.5 Å². The maximum atomic E-state index is 10.8. The second-order valence-corrected chi connectivity index (χ2v) is 4.60. The van der Waals surface area contributed by atoms with E-state index in [-0.39, 0.29) is 5.57 Å². The number of aliphatic carboxylic acids is 1. The molecule has 19 heavy (non-hydrogen) atoms. The van der Waals surface area contributed by atoms with Gasteiger partial charge in [0, 0.05) is 15.6 Å². The van der Waals surface area contributed by atoms with Gasteiger partial charge in [-0.3, -0.25) is 5.10 Å². The summed E-state index contributed by atoms with van der Waals surface area (Å²) in [7, 11) is 0. The van der Waals surface area contributed by atoms with E-state index in [9.17, 15) is 4.79 Å². The van der Waals surface area contributed by atoms with E-state index < -0.39 is 5.97 Å². The predicted molar refractivity (Wildman–Crippen MR) is 72.9 cm³/mol. The minimum atomic E-state index is -1.26. The van der Waals surface area contributed by atoms with Crippen LogP contribution in [0.3, 0.4) is 0 Å². The third-order valence-corrected chi connectivity index (χ3v) is 2.93. The van der Waals surface area contributed by atoms with Crippen molar-refractivity contribution in [2.24, 2.45) is 0 Å². The maximum Gasteiger partial charge on any atom is 0.346 e. The van der Waals surface area contributed by atoms with E-state index in [1.54, 1.807) is 6.07 Å². The molecule has 0 saturated carbocycles. The summed E-state index contributed by atoms with van der Waals surface area (Å²) in [5.41, 5.74) is 1.73. The van der Waals surface area contributed by atoms with Gasteiger partial charge in [0.15, 0.2) is 0 Å². The van der Waals surface area contributed by atoms with Gasteiger partial charge in [-0.15, -0.1) is 0 Å². The zero-order chi connectivity index (χ0) is 13.8. The van der Waals surface area contributed by atoms with Crippen LogP contribution < -0.4 is 0 Å². The lowest BCUT2D eigenvalue weighted by atomic mass is 10.1. The summed E-state index contributed by atoms with van der Waals surface area (Å²) in [5, 5.41) is 24.3. The van der Waals surface area contributed by atoms with Crippen molar-refractivity contribution in [3.05, 3.63) is 46.1 Å². The van der Waals surface area contributed by atoms with Gasteiger partial charge in [0.25, 0.3) is 0 Å². The number of hydrogen-bond donors (Lipinski definition) is 2. The summed E-state index contributed by atoms with van der Waals surface area (Å²) < 4.78 is 0.897. The molecule has 5 nitrogen and oxygen atoms in total. The van der Waals surface area contributed by atoms with Crippen LogP contribution in [0.4, 0.5) is 0 Å². The van der Waals surface area contributed by atoms with Gasteiger partial charge >= 0.3 is 5.97 Å². The fourth-order valence-corrected chi connectivity index (χ4v) is 1.98. The van der Waals surface area contributed by atoms with E-state index >= 15 is 0 Å². The van der Waals surface area contributed by atoms with Crippen molar-refractivity contribution in [2.75, 3.05) is 0 Å². The molecule has 1 heterocycles. The quantitative estimate of drug-likeness (QED) is 0.672. The number of carboxylic acid groups (broad SMARTS) is 1. The fourth-order valence-electron chi connectivity index (χ4n) is 1.58. The molecule has 0 saturated heterocycles. The van der Waals surface area contributed by atoms with Crippen molar-refractivity contribution in [1.82, 2.24) is 10.2 Å². The van der Waals surface area contributed by atoms with Crippen LogP contribution in [0.1, 0.15) is 5.56 Å². The highest BCUT2D eigenvalue weighted by Gasteiger charge is 2.11. The predicted octanol–water partition coefficient (Wildman–Crippen LogP) is 2.83. The average Bonchev–Trinajstić information content (AvgIpc) is 2.83. The fraction of sp³-hybridized carbons (Fsp3) is 0. The number of hydrogen-bond acceptors (Lipinski definition) is 3. The Kier molecular flexibility index (Phi) is 3.78. The zero-order valence-corrected chi connectivity index (χ0v) is 11.2. The van der Waals surface area contributed by atoms with E-state index in [1.165, 1.54) is 12.3 Å². The number of H-pyrrole nitrogens is 1. The zero-order valence-electron chi connectivity index (χ0n) is 9.59. The summed E-state index contributed by atoms with van der Waals surface area (Å²) in [6.45, 7) is 0. The highest BCUT2D eigenvalue weighted by molar-refractivity contribution is 9.10. The van der Waals surface area contributed by atoms with E-state index in [4.69, 9.17) is 10.4 Å². The van der Waals surface area contributed by atoms with Crippen LogP contribution in [-0.4, -0.2) is 21.3 Å². The highest BCUT2D eigenvalue weighted by atomic mass is 79.9. The van der Waals surface area contributed by atoms with Crippen molar-refractivity contribution >= 4 is 28.0 Å². The smallest absolute Gasteiger partial charge is 0.346 e. The molecule has 0 aliphatic heterocycles. The summed E-state index contributed by atoms with van der Waals surface area (Å²) in [4.78, 5) is 10.8. The van der Waals surface area contributed by atoms with E-state index in [0.29, 0.717) is 11.3 Å². The molecule has 0 aliphatic carbocycles. The number of aromatic nitrogens is 2. The molecule has 2 rings (SSSR count). The number of aromatic amines is 1. The van der Waals surface area contributed by atoms with Crippen LogP contribution in [-0.2, 0) is 4.79 Å². The van der Waals surface area contributed by atoms with Crippen molar-refractivity contribution in [3.8, 4) is 17.3 Å². The Morgan fingerprint density at radius 1 is 1.53 bits per heavy atom. The first-order chi connectivity index (χ1) is 9.11. The van der Waals surface area contributed by atoms with E-state index in [1.807, 2.05) is 24.3 Å². The highest BCUT2D eigenvalue weighted by Crippen LogP contribution is 2.25. The lowest BCUT2D eigenvalue weighted by Gasteiger charge is -2.00. The molecule has 1 aromatic heterocycles. The number of nitrogens with zero attached hydrogens (tertiary/aromatic N) is 2. The number of carbonyl (C=O) groups is 1. The number of benzene rings is 1. The molecule has 0 spiro atoms. The topological polar surface area (TPSA) is 89.8 Å². The molecule has 0 aliphatic rings. The molecule has 0 fully saturated rings. The monoisotopic (exact) mass is 317 g/mol. The summed E-state index contributed by atoms with van der Waals surface area (Å²) in [5.74, 6) is -1.26. The minimum Gasteiger partial charge on any atom is -0.477 e. The Labute approximate surface area is 117 Å². The van der Waals surface area contributed by atoms with Crippen LogP contribution in [0.25, 0.3) is 17.3 Å². The first kappa shape index (κ1) is 13.1. The number of nitriles is 1. The average molecular weight is 318 g/mol. The lowest BCUT2D eigenvalue weighted by molar-refractivity contribution is -0.132. The van der Waals surface area contributed by atoms with Gasteiger partial charge in [-0.25, -0.2) is 4.79 Å². The molecule has 0 amide bonds. The van der Waals surface area contributed by atoms with Crippen LogP contribution in [0, 0.1) is 11.3 Å². The Hall–Kier alpha value is -2.39. The molecule has 6 heteroatoms. The Morgan fingerprint density at radius 3 is 2.95 bits per heavy atom. The SMILES string of the molecule is N#C/C(=C\c1cn[nH]c1-c1cccc(Br)c1)C(=O)O. The lowest BCUT2D eigenvalue weighted by Crippen LogP contribution is -1.97. The second kappa shape index (κ2) is 5.50. The normalized spacial score (nSPS) is 11.1. The van der Waals surface area contributed by atoms with Crippen LogP contribution >= 0.6 is 15.9 Å². The van der Waals surface area contributed by atoms with Crippen molar-refractivity contribution in [3.63, 3.8) is 0 Å². The van der Waals surface area contributed by atoms with Crippen LogP contribution in [0.5, 0.6) is 0 Å². The second-order valence-electron chi connectivity index (χ2n) is 3.69. The van der Waals surface area contributed by atoms with Gasteiger partial charge in [0.1, 0.15) is 11.6 Å². The molecule has 0 bridgehead atoms. The standard InChI is InChI=1S/C13H8BrN3O2/c14-11-3-1-2-8(5-11)12-10(7-16-17-12)4-9(6-15)13(18)19/h1-5,7H,(H,16,17)(H,18,19)/b9-4+. The molecular weight excluding hydrogens is 310 g/mol. The van der Waals surface area contributed by atoms with E-state index in [2.05, 4.69) is 26.1 Å². The number of nitrogens with one attached hydrogen (secondary N) is 1. The van der Waals surface area contributed by atoms with Gasteiger partial charge in [0.05, 0.1) is 11.9 Å². The van der Waals surface area contributed by atoms with Gasteiger partial charge in [0.2, 0.25) is 0 Å². The largest absolute Gasteiger partial charge is 0.477 e. The third kappa shape index (κ3) is 2.89. The summed E-state index contributed by atoms with van der Waals surface area (Å²) in [6.07, 6.45) is 2.78. The molecule has 2 aromatic rings. The Bertz CT molecular complexity index is 698. The van der Waals surface area contributed by atoms with Crippen molar-refractivity contribution in [2.45, 2.75) is 0 Å². The molecule has 2 N–H and O–H groups in total. The van der Waals surface area contributed by atoms with Crippen LogP contribution in [0.2, 0.25) is 0 Å². The number of carboxylic acids is 1. The Morgan fingerprint density at radius 2 is 2.32 bits per heavy atom. The van der Waals surface area contributed by atoms with Crippen molar-refractivity contribution < 1.29 is 9.90 Å². The molecule has 0 radical (unpaired) electrons. The van der Waals surface area contributed by atoms with Gasteiger partial charge in [-0.2, -0.15) is 10.4 Å². The Balaban J connectivity index is 2.50. The molecule has 1 aromatic carbocycles. The van der Waals surface area contributed by atoms with Crippen molar-refractivity contribution in [1.29, 1.82) is 5.26 Å². The number of halogens is 1. The maximum absolute atomic E-state index is 10.8. The molecule has 94 valence electrons. The molecular formula is C13H8BrN3O2. The van der Waals surface area contributed by atoms with Gasteiger partial charge < -0.3 is 5.11 Å². The first-order valence-corrected chi connectivity index (χ1v) is 6.05. The molecule has 0 atom stereocenters. The third-order valence-electron chi connectivity index (χ3n) is 2.43. The molecule has 0 unspecified atom stereocenters. The van der Waals surface area contributed by atoms with E-state index in [0.717, 1.165) is 10.0 Å². The summed E-state index contributed by atoms with van der Waals surface area (Å²) >= 11 is 3.36.